The number of aliphatic hydroxyl groups is 1. The van der Waals surface area contributed by atoms with Crippen LogP contribution in [0.1, 0.15) is 27.7 Å². The van der Waals surface area contributed by atoms with Gasteiger partial charge in [0.2, 0.25) is 0 Å². The van der Waals surface area contributed by atoms with E-state index in [-0.39, 0.29) is 0 Å². The zero-order valence-corrected chi connectivity index (χ0v) is 12.2. The lowest BCUT2D eigenvalue weighted by atomic mass is 10.1. The zero-order valence-electron chi connectivity index (χ0n) is 11.4. The molecule has 0 heterocycles. The average molecular weight is 253 g/mol. The van der Waals surface area contributed by atoms with Crippen molar-refractivity contribution >= 4 is 17.4 Å². The Morgan fingerprint density at radius 2 is 1.76 bits per heavy atom. The molecule has 1 rings (SSSR count). The third kappa shape index (κ3) is 5.46. The number of likely N-dealkylation sites (N-methyl/N-ethyl adjacent to an activating group) is 1. The molecule has 0 aromatic heterocycles. The van der Waals surface area contributed by atoms with Crippen LogP contribution in [0.4, 0.5) is 5.69 Å². The molecule has 0 aliphatic rings. The molecule has 0 unspecified atom stereocenters. The average Bonchev–Trinajstić information content (AvgIpc) is 2.15. The molecule has 0 bridgehead atoms. The Bertz CT molecular complexity index is 340. The Morgan fingerprint density at radius 1 is 1.24 bits per heavy atom. The fourth-order valence-electron chi connectivity index (χ4n) is 1.72. The molecule has 0 atom stereocenters. The van der Waals surface area contributed by atoms with Gasteiger partial charge in [-0.05, 0) is 38.1 Å². The molecule has 17 heavy (non-hydrogen) atoms. The molecule has 1 aromatic rings. The summed E-state index contributed by atoms with van der Waals surface area (Å²) in [7, 11) is 2.00. The molecule has 0 radical (unpaired) electrons. The monoisotopic (exact) mass is 253 g/mol. The van der Waals surface area contributed by atoms with Crippen LogP contribution in [0.15, 0.2) is 29.2 Å². The van der Waals surface area contributed by atoms with Crippen LogP contribution in [0.25, 0.3) is 0 Å². The van der Waals surface area contributed by atoms with Crippen molar-refractivity contribution in [3.05, 3.63) is 24.3 Å². The highest BCUT2D eigenvalue weighted by Crippen LogP contribution is 2.25. The van der Waals surface area contributed by atoms with Gasteiger partial charge in [0, 0.05) is 29.4 Å². The van der Waals surface area contributed by atoms with Crippen molar-refractivity contribution in [3.63, 3.8) is 0 Å². The second kappa shape index (κ2) is 5.78. The number of hydrogen-bond donors (Lipinski definition) is 1. The summed E-state index contributed by atoms with van der Waals surface area (Å²) >= 11 is 1.86. The van der Waals surface area contributed by atoms with E-state index in [4.69, 9.17) is 0 Å². The fourth-order valence-corrected chi connectivity index (χ4v) is 2.56. The van der Waals surface area contributed by atoms with Crippen LogP contribution in [-0.4, -0.2) is 29.5 Å². The van der Waals surface area contributed by atoms with Crippen LogP contribution >= 0.6 is 11.8 Å². The molecule has 2 nitrogen and oxygen atoms in total. The molecule has 1 N–H and O–H groups in total. The zero-order chi connectivity index (χ0) is 13.1. The van der Waals surface area contributed by atoms with Crippen LogP contribution in [0.3, 0.4) is 0 Å². The van der Waals surface area contributed by atoms with E-state index >= 15 is 0 Å². The van der Waals surface area contributed by atoms with Crippen LogP contribution in [0.5, 0.6) is 0 Å². The molecule has 0 saturated carbocycles. The second-order valence-corrected chi connectivity index (χ2v) is 6.98. The molecule has 0 aliphatic heterocycles. The summed E-state index contributed by atoms with van der Waals surface area (Å²) in [6, 6.07) is 8.49. The first-order valence-electron chi connectivity index (χ1n) is 5.98. The van der Waals surface area contributed by atoms with Crippen LogP contribution in [0, 0.1) is 0 Å². The topological polar surface area (TPSA) is 23.5 Å². The van der Waals surface area contributed by atoms with E-state index in [1.54, 1.807) is 0 Å². The van der Waals surface area contributed by atoms with Gasteiger partial charge >= 0.3 is 0 Å². The largest absolute Gasteiger partial charge is 0.389 e. The summed E-state index contributed by atoms with van der Waals surface area (Å²) < 4.78 is 0. The van der Waals surface area contributed by atoms with Gasteiger partial charge in [0.25, 0.3) is 0 Å². The van der Waals surface area contributed by atoms with E-state index in [2.05, 4.69) is 43.0 Å². The third-order valence-electron chi connectivity index (χ3n) is 2.27. The standard InChI is InChI=1S/C14H23NOS/c1-11(2)17-13-8-6-12(7-9-13)15(5)10-14(3,4)16/h6-9,11,16H,10H2,1-5H3. The molecule has 0 spiro atoms. The number of benzene rings is 1. The summed E-state index contributed by atoms with van der Waals surface area (Å²) in [5, 5.41) is 10.4. The third-order valence-corrected chi connectivity index (χ3v) is 3.29. The van der Waals surface area contributed by atoms with E-state index in [0.29, 0.717) is 11.8 Å². The molecule has 3 heteroatoms. The predicted molar refractivity (Wildman–Crippen MR) is 77.0 cm³/mol. The Kier molecular flexibility index (Phi) is 4.90. The summed E-state index contributed by atoms with van der Waals surface area (Å²) in [6.45, 7) is 8.67. The van der Waals surface area contributed by atoms with Gasteiger partial charge in [-0.15, -0.1) is 11.8 Å². The van der Waals surface area contributed by atoms with E-state index in [1.165, 1.54) is 4.90 Å². The highest BCUT2D eigenvalue weighted by Gasteiger charge is 2.15. The normalized spacial score (nSPS) is 11.9. The maximum atomic E-state index is 9.78. The number of hydrogen-bond acceptors (Lipinski definition) is 3. The Morgan fingerprint density at radius 3 is 2.18 bits per heavy atom. The minimum absolute atomic E-state index is 0.606. The first kappa shape index (κ1) is 14.4. The molecule has 0 saturated heterocycles. The molecule has 0 amide bonds. The predicted octanol–water partition coefficient (Wildman–Crippen LogP) is 3.39. The number of anilines is 1. The van der Waals surface area contributed by atoms with E-state index in [0.717, 1.165) is 5.69 Å². The fraction of sp³-hybridized carbons (Fsp3) is 0.571. The van der Waals surface area contributed by atoms with Gasteiger partial charge in [-0.25, -0.2) is 0 Å². The maximum Gasteiger partial charge on any atom is 0.0765 e. The molecule has 0 aliphatic carbocycles. The van der Waals surface area contributed by atoms with Crippen LogP contribution in [0.2, 0.25) is 0 Å². The summed E-state index contributed by atoms with van der Waals surface area (Å²) in [5.41, 5.74) is 0.473. The van der Waals surface area contributed by atoms with Crippen molar-refractivity contribution in [2.75, 3.05) is 18.5 Å². The van der Waals surface area contributed by atoms with Gasteiger partial charge in [0.15, 0.2) is 0 Å². The summed E-state index contributed by atoms with van der Waals surface area (Å²) in [4.78, 5) is 3.37. The van der Waals surface area contributed by atoms with Gasteiger partial charge in [0.05, 0.1) is 5.60 Å². The minimum atomic E-state index is -0.667. The maximum absolute atomic E-state index is 9.78. The number of rotatable bonds is 5. The van der Waals surface area contributed by atoms with Crippen molar-refractivity contribution in [1.82, 2.24) is 0 Å². The highest BCUT2D eigenvalue weighted by atomic mass is 32.2. The smallest absolute Gasteiger partial charge is 0.0765 e. The first-order chi connectivity index (χ1) is 7.78. The van der Waals surface area contributed by atoms with Crippen molar-refractivity contribution < 1.29 is 5.11 Å². The van der Waals surface area contributed by atoms with Gasteiger partial charge in [0.1, 0.15) is 0 Å². The second-order valence-electron chi connectivity index (χ2n) is 5.33. The van der Waals surface area contributed by atoms with Crippen molar-refractivity contribution in [3.8, 4) is 0 Å². The molecule has 1 aromatic carbocycles. The Balaban J connectivity index is 2.67. The van der Waals surface area contributed by atoms with Crippen LogP contribution < -0.4 is 4.90 Å². The molecule has 96 valence electrons. The van der Waals surface area contributed by atoms with E-state index in [1.807, 2.05) is 32.7 Å². The lowest BCUT2D eigenvalue weighted by Gasteiger charge is -2.27. The van der Waals surface area contributed by atoms with Gasteiger partial charge in [-0.1, -0.05) is 13.8 Å². The quantitative estimate of drug-likeness (QED) is 0.814. The highest BCUT2D eigenvalue weighted by molar-refractivity contribution is 7.99. The molecular formula is C14H23NOS. The molecule has 0 fully saturated rings. The Labute approximate surface area is 109 Å². The summed E-state index contributed by atoms with van der Waals surface area (Å²) in [5.74, 6) is 0. The van der Waals surface area contributed by atoms with E-state index < -0.39 is 5.60 Å². The van der Waals surface area contributed by atoms with Crippen molar-refractivity contribution in [2.45, 2.75) is 43.4 Å². The number of thioether (sulfide) groups is 1. The van der Waals surface area contributed by atoms with Crippen molar-refractivity contribution in [1.29, 1.82) is 0 Å². The lowest BCUT2D eigenvalue weighted by molar-refractivity contribution is 0.0886. The number of nitrogens with zero attached hydrogens (tertiary/aromatic N) is 1. The van der Waals surface area contributed by atoms with Gasteiger partial charge in [-0.2, -0.15) is 0 Å². The SMILES string of the molecule is CC(C)Sc1ccc(N(C)CC(C)(C)O)cc1. The van der Waals surface area contributed by atoms with E-state index in [9.17, 15) is 5.11 Å². The molecular weight excluding hydrogens is 230 g/mol. The van der Waals surface area contributed by atoms with Gasteiger partial charge in [-0.3, -0.25) is 0 Å². The summed E-state index contributed by atoms with van der Waals surface area (Å²) in [6.07, 6.45) is 0. The lowest BCUT2D eigenvalue weighted by Crippen LogP contribution is -2.36. The van der Waals surface area contributed by atoms with Crippen molar-refractivity contribution in [2.24, 2.45) is 0 Å². The first-order valence-corrected chi connectivity index (χ1v) is 6.86. The van der Waals surface area contributed by atoms with Gasteiger partial charge < -0.3 is 10.0 Å². The Hall–Kier alpha value is -0.670. The van der Waals surface area contributed by atoms with Crippen LogP contribution in [-0.2, 0) is 0 Å². The minimum Gasteiger partial charge on any atom is -0.389 e.